The maximum atomic E-state index is 13.6. The van der Waals surface area contributed by atoms with Gasteiger partial charge < -0.3 is 15.2 Å². The van der Waals surface area contributed by atoms with E-state index in [2.05, 4.69) is 10.3 Å². The summed E-state index contributed by atoms with van der Waals surface area (Å²) in [6.07, 6.45) is 1.07. The van der Waals surface area contributed by atoms with Crippen LogP contribution in [0.1, 0.15) is 10.4 Å². The largest absolute Gasteiger partial charge is 0.494 e. The number of halogens is 3. The summed E-state index contributed by atoms with van der Waals surface area (Å²) in [6.45, 7) is 0. The summed E-state index contributed by atoms with van der Waals surface area (Å²) in [4.78, 5) is 14.8. The lowest BCUT2D eigenvalue weighted by Crippen LogP contribution is -2.05. The number of methoxy groups -OCH3 is 1. The number of carbonyl (C=O) groups is 1. The quantitative estimate of drug-likeness (QED) is 0.829. The topological polar surface area (TPSA) is 71.5 Å². The molecule has 8 heteroatoms. The fraction of sp³-hybridized carbons (Fsp3) is 0.0769. The molecule has 0 aliphatic heterocycles. The van der Waals surface area contributed by atoms with Crippen molar-refractivity contribution in [2.75, 3.05) is 12.4 Å². The molecular weight excluding hydrogens is 322 g/mol. The van der Waals surface area contributed by atoms with Crippen molar-refractivity contribution in [2.24, 2.45) is 0 Å². The molecule has 1 aromatic carbocycles. The minimum Gasteiger partial charge on any atom is -0.494 e. The summed E-state index contributed by atoms with van der Waals surface area (Å²) < 4.78 is 18.4. The van der Waals surface area contributed by atoms with E-state index in [1.54, 1.807) is 0 Å². The average Bonchev–Trinajstić information content (AvgIpc) is 2.44. The van der Waals surface area contributed by atoms with Gasteiger partial charge in [0.1, 0.15) is 15.7 Å². The summed E-state index contributed by atoms with van der Waals surface area (Å²) >= 11 is 11.7. The number of hydrogen-bond acceptors (Lipinski definition) is 4. The van der Waals surface area contributed by atoms with Crippen LogP contribution in [-0.4, -0.2) is 23.2 Å². The number of rotatable bonds is 4. The molecule has 21 heavy (non-hydrogen) atoms. The number of aromatic nitrogens is 1. The third-order valence-corrected chi connectivity index (χ3v) is 3.38. The number of carboxylic acids is 1. The van der Waals surface area contributed by atoms with E-state index in [4.69, 9.17) is 33.0 Å². The molecule has 5 nitrogen and oxygen atoms in total. The van der Waals surface area contributed by atoms with E-state index < -0.39 is 11.8 Å². The van der Waals surface area contributed by atoms with Gasteiger partial charge in [0.2, 0.25) is 0 Å². The molecule has 0 unspecified atom stereocenters. The van der Waals surface area contributed by atoms with Crippen molar-refractivity contribution < 1.29 is 19.0 Å². The second-order valence-corrected chi connectivity index (χ2v) is 4.67. The monoisotopic (exact) mass is 330 g/mol. The van der Waals surface area contributed by atoms with Gasteiger partial charge in [0.15, 0.2) is 11.6 Å². The molecule has 2 aromatic rings. The Bertz CT molecular complexity index is 710. The fourth-order valence-corrected chi connectivity index (χ4v) is 1.98. The lowest BCUT2D eigenvalue weighted by molar-refractivity contribution is 0.0697. The number of ether oxygens (including phenoxy) is 1. The van der Waals surface area contributed by atoms with Crippen LogP contribution in [0.4, 0.5) is 15.8 Å². The second kappa shape index (κ2) is 6.15. The Morgan fingerprint density at radius 2 is 2.14 bits per heavy atom. The molecule has 2 rings (SSSR count). The smallest absolute Gasteiger partial charge is 0.339 e. The van der Waals surface area contributed by atoms with Gasteiger partial charge in [-0.15, -0.1) is 0 Å². The highest BCUT2D eigenvalue weighted by atomic mass is 35.5. The number of hydrogen-bond donors (Lipinski definition) is 2. The molecule has 0 aliphatic rings. The predicted molar refractivity (Wildman–Crippen MR) is 77.5 cm³/mol. The number of carboxylic acid groups (broad SMARTS) is 1. The highest BCUT2D eigenvalue weighted by Gasteiger charge is 2.18. The number of anilines is 2. The first-order chi connectivity index (χ1) is 9.93. The molecule has 0 aliphatic carbocycles. The van der Waals surface area contributed by atoms with Crippen molar-refractivity contribution in [1.82, 2.24) is 4.98 Å². The van der Waals surface area contributed by atoms with Crippen molar-refractivity contribution in [3.8, 4) is 5.75 Å². The van der Waals surface area contributed by atoms with E-state index in [9.17, 15) is 9.18 Å². The SMILES string of the molecule is COc1ccc(Nc2c(C(=O)O)cnc(Cl)c2Cl)cc1F. The van der Waals surface area contributed by atoms with E-state index in [0.29, 0.717) is 5.69 Å². The molecule has 1 aromatic heterocycles. The molecule has 0 atom stereocenters. The first kappa shape index (κ1) is 15.3. The zero-order chi connectivity index (χ0) is 15.6. The Balaban J connectivity index is 2.46. The second-order valence-electron chi connectivity index (χ2n) is 3.93. The summed E-state index contributed by atoms with van der Waals surface area (Å²) in [6, 6.07) is 4.06. The fourth-order valence-electron chi connectivity index (χ4n) is 1.64. The Morgan fingerprint density at radius 1 is 1.43 bits per heavy atom. The highest BCUT2D eigenvalue weighted by molar-refractivity contribution is 6.43. The minimum absolute atomic E-state index is 0.0359. The van der Waals surface area contributed by atoms with Gasteiger partial charge in [-0.25, -0.2) is 14.2 Å². The molecule has 1 heterocycles. The first-order valence-corrected chi connectivity index (χ1v) is 6.37. The Kier molecular flexibility index (Phi) is 4.50. The van der Waals surface area contributed by atoms with Crippen molar-refractivity contribution in [1.29, 1.82) is 0 Å². The Morgan fingerprint density at radius 3 is 2.71 bits per heavy atom. The standard InChI is InChI=1S/C13H9Cl2FN2O3/c1-21-9-3-2-6(4-8(9)16)18-11-7(13(19)20)5-17-12(15)10(11)14/h2-5H,1H3,(H,17,18)(H,19,20). The summed E-state index contributed by atoms with van der Waals surface area (Å²) in [5, 5.41) is 11.7. The minimum atomic E-state index is -1.24. The Hall–Kier alpha value is -2.05. The van der Waals surface area contributed by atoms with E-state index in [-0.39, 0.29) is 27.2 Å². The first-order valence-electron chi connectivity index (χ1n) is 5.62. The van der Waals surface area contributed by atoms with Gasteiger partial charge in [0.25, 0.3) is 0 Å². The van der Waals surface area contributed by atoms with Crippen LogP contribution in [0.3, 0.4) is 0 Å². The average molecular weight is 331 g/mol. The molecule has 0 radical (unpaired) electrons. The lowest BCUT2D eigenvalue weighted by Gasteiger charge is -2.12. The van der Waals surface area contributed by atoms with Crippen molar-refractivity contribution in [3.63, 3.8) is 0 Å². The van der Waals surface area contributed by atoms with Gasteiger partial charge in [0, 0.05) is 18.0 Å². The third kappa shape index (κ3) is 3.17. The van der Waals surface area contributed by atoms with Crippen LogP contribution in [0, 0.1) is 5.82 Å². The Labute approximate surface area is 129 Å². The van der Waals surface area contributed by atoms with Crippen LogP contribution in [0.5, 0.6) is 5.75 Å². The summed E-state index contributed by atoms with van der Waals surface area (Å²) in [7, 11) is 1.34. The van der Waals surface area contributed by atoms with Crippen LogP contribution in [0.2, 0.25) is 10.2 Å². The van der Waals surface area contributed by atoms with Gasteiger partial charge in [-0.05, 0) is 12.1 Å². The molecule has 0 saturated heterocycles. The lowest BCUT2D eigenvalue weighted by atomic mass is 10.2. The molecule has 0 spiro atoms. The maximum absolute atomic E-state index is 13.6. The highest BCUT2D eigenvalue weighted by Crippen LogP contribution is 2.34. The number of aromatic carboxylic acids is 1. The van der Waals surface area contributed by atoms with Gasteiger partial charge in [0.05, 0.1) is 12.8 Å². The molecule has 0 amide bonds. The van der Waals surface area contributed by atoms with E-state index in [0.717, 1.165) is 12.3 Å². The van der Waals surface area contributed by atoms with Crippen molar-refractivity contribution in [3.05, 3.63) is 46.0 Å². The molecule has 110 valence electrons. The van der Waals surface area contributed by atoms with Gasteiger partial charge >= 0.3 is 5.97 Å². The third-order valence-electron chi connectivity index (χ3n) is 2.63. The number of benzene rings is 1. The van der Waals surface area contributed by atoms with Crippen molar-refractivity contribution in [2.45, 2.75) is 0 Å². The predicted octanol–water partition coefficient (Wildman–Crippen LogP) is 3.98. The molecule has 0 saturated carbocycles. The van der Waals surface area contributed by atoms with E-state index >= 15 is 0 Å². The number of nitrogens with zero attached hydrogens (tertiary/aromatic N) is 1. The van der Waals surface area contributed by atoms with Crippen LogP contribution < -0.4 is 10.1 Å². The molecule has 0 fully saturated rings. The summed E-state index contributed by atoms with van der Waals surface area (Å²) in [5.41, 5.74) is 0.148. The molecule has 2 N–H and O–H groups in total. The maximum Gasteiger partial charge on any atom is 0.339 e. The van der Waals surface area contributed by atoms with Gasteiger partial charge in [-0.3, -0.25) is 0 Å². The zero-order valence-electron chi connectivity index (χ0n) is 10.7. The zero-order valence-corrected chi connectivity index (χ0v) is 12.2. The normalized spacial score (nSPS) is 10.3. The van der Waals surface area contributed by atoms with Gasteiger partial charge in [-0.2, -0.15) is 0 Å². The summed E-state index contributed by atoms with van der Waals surface area (Å²) in [5.74, 6) is -1.77. The number of nitrogens with one attached hydrogen (secondary N) is 1. The van der Waals surface area contributed by atoms with Crippen LogP contribution in [-0.2, 0) is 0 Å². The number of pyridine rings is 1. The molecular formula is C13H9Cl2FN2O3. The van der Waals surface area contributed by atoms with E-state index in [1.807, 2.05) is 0 Å². The van der Waals surface area contributed by atoms with Crippen LogP contribution in [0.25, 0.3) is 0 Å². The molecule has 0 bridgehead atoms. The van der Waals surface area contributed by atoms with Crippen LogP contribution in [0.15, 0.2) is 24.4 Å². The van der Waals surface area contributed by atoms with E-state index in [1.165, 1.54) is 19.2 Å². The van der Waals surface area contributed by atoms with Crippen molar-refractivity contribution >= 4 is 40.5 Å². The van der Waals surface area contributed by atoms with Gasteiger partial charge in [-0.1, -0.05) is 23.2 Å². The van der Waals surface area contributed by atoms with Crippen LogP contribution >= 0.6 is 23.2 Å².